The smallest absolute Gasteiger partial charge is 0.119 e. The highest BCUT2D eigenvalue weighted by Crippen LogP contribution is 2.47. The highest BCUT2D eigenvalue weighted by atomic mass is 16.5. The lowest BCUT2D eigenvalue weighted by Gasteiger charge is -2.36. The summed E-state index contributed by atoms with van der Waals surface area (Å²) in [7, 11) is 0. The first-order chi connectivity index (χ1) is 19.0. The van der Waals surface area contributed by atoms with Crippen molar-refractivity contribution in [2.24, 2.45) is 17.3 Å². The molecule has 2 aromatic carbocycles. The number of unbranched alkanes of at least 4 members (excludes halogenated alkanes) is 5. The normalized spacial score (nSPS) is 20.1. The average molecular weight is 530 g/mol. The predicted octanol–water partition coefficient (Wildman–Crippen LogP) is 11.5. The first-order valence-electron chi connectivity index (χ1n) is 16.2. The van der Waals surface area contributed by atoms with Gasteiger partial charge in [-0.3, -0.25) is 0 Å². The monoisotopic (exact) mass is 529 g/mol. The molecule has 39 heavy (non-hydrogen) atoms. The molecule has 1 saturated carbocycles. The molecular formula is C37H55NO. The molecule has 1 fully saturated rings. The zero-order chi connectivity index (χ0) is 27.9. The van der Waals surface area contributed by atoms with Crippen LogP contribution in [0.3, 0.4) is 0 Å². The first-order valence-corrected chi connectivity index (χ1v) is 16.2. The Morgan fingerprint density at radius 3 is 2.23 bits per heavy atom. The highest BCUT2D eigenvalue weighted by molar-refractivity contribution is 5.68. The fourth-order valence-corrected chi connectivity index (χ4v) is 6.39. The molecule has 0 unspecified atom stereocenters. The number of hydrogen-bond donors (Lipinski definition) is 0. The molecule has 0 aliphatic heterocycles. The van der Waals surface area contributed by atoms with E-state index in [0.29, 0.717) is 5.92 Å². The van der Waals surface area contributed by atoms with Crippen LogP contribution < -0.4 is 4.74 Å². The third kappa shape index (κ3) is 10.3. The van der Waals surface area contributed by atoms with E-state index in [0.717, 1.165) is 62.7 Å². The van der Waals surface area contributed by atoms with E-state index in [1.807, 2.05) is 0 Å². The van der Waals surface area contributed by atoms with Gasteiger partial charge in [0, 0.05) is 0 Å². The molecule has 0 N–H and O–H groups in total. The lowest BCUT2D eigenvalue weighted by molar-refractivity contribution is 0.223. The summed E-state index contributed by atoms with van der Waals surface area (Å²) in [4.78, 5) is 0. The molecule has 1 aliphatic carbocycles. The van der Waals surface area contributed by atoms with Gasteiger partial charge in [0.15, 0.2) is 0 Å². The molecule has 0 saturated heterocycles. The Balaban J connectivity index is 1.51. The number of nitriles is 1. The SMILES string of the molecule is CCCCCCCCC1(C#N)CCC(c2ccccc2-c2ccc(OCC[C@H](C)CCCC(C)C)cc2)CC1. The Kier molecular flexibility index (Phi) is 13.4. The van der Waals surface area contributed by atoms with E-state index in [1.54, 1.807) is 0 Å². The third-order valence-corrected chi connectivity index (χ3v) is 9.11. The Hall–Kier alpha value is -2.27. The first kappa shape index (κ1) is 31.3. The van der Waals surface area contributed by atoms with Gasteiger partial charge >= 0.3 is 0 Å². The van der Waals surface area contributed by atoms with Crippen molar-refractivity contribution in [2.75, 3.05) is 6.61 Å². The molecule has 0 bridgehead atoms. The van der Waals surface area contributed by atoms with Crippen molar-refractivity contribution in [3.8, 4) is 22.9 Å². The number of nitrogens with zero attached hydrogens (tertiary/aromatic N) is 1. The summed E-state index contributed by atoms with van der Waals surface area (Å²) in [6.45, 7) is 10.0. The van der Waals surface area contributed by atoms with Gasteiger partial charge in [0.1, 0.15) is 5.75 Å². The molecule has 0 spiro atoms. The van der Waals surface area contributed by atoms with Crippen LogP contribution in [0.15, 0.2) is 48.5 Å². The highest BCUT2D eigenvalue weighted by Gasteiger charge is 2.36. The van der Waals surface area contributed by atoms with Crippen molar-refractivity contribution in [2.45, 2.75) is 130 Å². The minimum atomic E-state index is -0.0961. The van der Waals surface area contributed by atoms with E-state index in [2.05, 4.69) is 82.3 Å². The van der Waals surface area contributed by atoms with E-state index in [1.165, 1.54) is 74.5 Å². The summed E-state index contributed by atoms with van der Waals surface area (Å²) < 4.78 is 6.11. The van der Waals surface area contributed by atoms with Crippen LogP contribution >= 0.6 is 0 Å². The van der Waals surface area contributed by atoms with Gasteiger partial charge in [-0.25, -0.2) is 0 Å². The van der Waals surface area contributed by atoms with Gasteiger partial charge in [0.25, 0.3) is 0 Å². The summed E-state index contributed by atoms with van der Waals surface area (Å²) in [5.41, 5.74) is 3.96. The van der Waals surface area contributed by atoms with Crippen LogP contribution in [0.25, 0.3) is 11.1 Å². The van der Waals surface area contributed by atoms with Crippen LogP contribution in [0, 0.1) is 28.6 Å². The minimum Gasteiger partial charge on any atom is -0.494 e. The maximum Gasteiger partial charge on any atom is 0.119 e. The fraction of sp³-hybridized carbons (Fsp3) is 0.649. The van der Waals surface area contributed by atoms with E-state index in [9.17, 15) is 5.26 Å². The van der Waals surface area contributed by atoms with Crippen molar-refractivity contribution < 1.29 is 4.74 Å². The molecule has 3 rings (SSSR count). The molecule has 214 valence electrons. The second-order valence-electron chi connectivity index (χ2n) is 12.9. The van der Waals surface area contributed by atoms with E-state index >= 15 is 0 Å². The topological polar surface area (TPSA) is 33.0 Å². The fourth-order valence-electron chi connectivity index (χ4n) is 6.39. The van der Waals surface area contributed by atoms with E-state index in [-0.39, 0.29) is 5.41 Å². The van der Waals surface area contributed by atoms with E-state index in [4.69, 9.17) is 4.74 Å². The van der Waals surface area contributed by atoms with Gasteiger partial charge in [0.2, 0.25) is 0 Å². The van der Waals surface area contributed by atoms with Gasteiger partial charge in [-0.2, -0.15) is 5.26 Å². The van der Waals surface area contributed by atoms with Crippen LogP contribution in [0.2, 0.25) is 0 Å². The quantitative estimate of drug-likeness (QED) is 0.191. The molecule has 2 nitrogen and oxygen atoms in total. The lowest BCUT2D eigenvalue weighted by Crippen LogP contribution is -2.25. The van der Waals surface area contributed by atoms with Gasteiger partial charge in [-0.1, -0.05) is 122 Å². The Bertz CT molecular complexity index is 977. The average Bonchev–Trinajstić information content (AvgIpc) is 2.95. The summed E-state index contributed by atoms with van der Waals surface area (Å²) in [6.07, 6.45) is 18.3. The van der Waals surface area contributed by atoms with Crippen molar-refractivity contribution in [1.29, 1.82) is 5.26 Å². The maximum atomic E-state index is 10.1. The van der Waals surface area contributed by atoms with Crippen LogP contribution in [-0.4, -0.2) is 6.61 Å². The minimum absolute atomic E-state index is 0.0961. The lowest BCUT2D eigenvalue weighted by atomic mass is 9.67. The van der Waals surface area contributed by atoms with Crippen molar-refractivity contribution in [3.05, 3.63) is 54.1 Å². The Morgan fingerprint density at radius 1 is 0.846 bits per heavy atom. The zero-order valence-corrected chi connectivity index (χ0v) is 25.5. The third-order valence-electron chi connectivity index (χ3n) is 9.11. The molecule has 0 radical (unpaired) electrons. The largest absolute Gasteiger partial charge is 0.494 e. The summed E-state index contributed by atoms with van der Waals surface area (Å²) in [5.74, 6) is 3.03. The van der Waals surface area contributed by atoms with Crippen LogP contribution in [0.5, 0.6) is 5.75 Å². The molecule has 1 atom stereocenters. The second-order valence-corrected chi connectivity index (χ2v) is 12.9. The number of ether oxygens (including phenoxy) is 1. The molecule has 0 heterocycles. The number of rotatable bonds is 17. The Labute approximate surface area is 240 Å². The number of benzene rings is 2. The summed E-state index contributed by atoms with van der Waals surface area (Å²) in [6, 6.07) is 20.4. The van der Waals surface area contributed by atoms with Crippen molar-refractivity contribution >= 4 is 0 Å². The van der Waals surface area contributed by atoms with Gasteiger partial charge in [-0.05, 0) is 85.1 Å². The molecule has 2 heteroatoms. The molecule has 2 aromatic rings. The molecule has 0 aromatic heterocycles. The zero-order valence-electron chi connectivity index (χ0n) is 25.5. The predicted molar refractivity (Wildman–Crippen MR) is 167 cm³/mol. The van der Waals surface area contributed by atoms with Crippen LogP contribution in [-0.2, 0) is 0 Å². The molecular weight excluding hydrogens is 474 g/mol. The standard InChI is InChI=1S/C37H55NO/c1-5-6-7-8-9-12-25-37(29-38)26-22-33(23-27-37)36-17-11-10-16-35(36)32-18-20-34(21-19-32)39-28-24-31(4)15-13-14-30(2)3/h10-11,16-21,30-31,33H,5-9,12-15,22-28H2,1-4H3/t31-,33?,37?/m1/s1. The van der Waals surface area contributed by atoms with Gasteiger partial charge < -0.3 is 4.74 Å². The van der Waals surface area contributed by atoms with Crippen LogP contribution in [0.1, 0.15) is 135 Å². The van der Waals surface area contributed by atoms with Crippen molar-refractivity contribution in [3.63, 3.8) is 0 Å². The Morgan fingerprint density at radius 2 is 1.54 bits per heavy atom. The molecule has 1 aliphatic rings. The van der Waals surface area contributed by atoms with Crippen molar-refractivity contribution in [1.82, 2.24) is 0 Å². The van der Waals surface area contributed by atoms with Crippen LogP contribution in [0.4, 0.5) is 0 Å². The van der Waals surface area contributed by atoms with E-state index < -0.39 is 0 Å². The summed E-state index contributed by atoms with van der Waals surface area (Å²) >= 11 is 0. The van der Waals surface area contributed by atoms with Gasteiger partial charge in [-0.15, -0.1) is 0 Å². The summed E-state index contributed by atoms with van der Waals surface area (Å²) in [5, 5.41) is 10.1. The van der Waals surface area contributed by atoms with Gasteiger partial charge in [0.05, 0.1) is 18.1 Å². The maximum absolute atomic E-state index is 10.1. The molecule has 0 amide bonds. The second kappa shape index (κ2) is 16.7. The number of hydrogen-bond acceptors (Lipinski definition) is 2.